The van der Waals surface area contributed by atoms with E-state index < -0.39 is 0 Å². The van der Waals surface area contributed by atoms with Crippen LogP contribution in [0, 0.1) is 17.8 Å². The highest BCUT2D eigenvalue weighted by Gasteiger charge is 2.29. The van der Waals surface area contributed by atoms with Crippen molar-refractivity contribution in [2.75, 3.05) is 26.7 Å². The summed E-state index contributed by atoms with van der Waals surface area (Å²) < 4.78 is 5.46. The second kappa shape index (κ2) is 7.21. The Kier molecular flexibility index (Phi) is 5.32. The highest BCUT2D eigenvalue weighted by molar-refractivity contribution is 5.96. The van der Waals surface area contributed by atoms with E-state index in [4.69, 9.17) is 10.5 Å². The summed E-state index contributed by atoms with van der Waals surface area (Å²) in [6.45, 7) is 3.77. The van der Waals surface area contributed by atoms with Crippen molar-refractivity contribution in [1.82, 2.24) is 9.88 Å². The number of ether oxygens (including phenoxy) is 1. The lowest BCUT2D eigenvalue weighted by Crippen LogP contribution is -2.46. The fraction of sp³-hybridized carbons (Fsp3) is 0.500. The maximum atomic E-state index is 12.7. The van der Waals surface area contributed by atoms with Crippen molar-refractivity contribution in [3.05, 3.63) is 29.6 Å². The predicted molar refractivity (Wildman–Crippen MR) is 80.7 cm³/mol. The molecule has 1 aromatic heterocycles. The quantitative estimate of drug-likeness (QED) is 0.820. The third-order valence-electron chi connectivity index (χ3n) is 3.86. The average Bonchev–Trinajstić information content (AvgIpc) is 2.53. The van der Waals surface area contributed by atoms with Gasteiger partial charge >= 0.3 is 0 Å². The van der Waals surface area contributed by atoms with Crippen molar-refractivity contribution >= 4 is 5.91 Å². The fourth-order valence-electron chi connectivity index (χ4n) is 2.52. The maximum absolute atomic E-state index is 12.7. The number of nitrogens with zero attached hydrogens (tertiary/aromatic N) is 2. The molecule has 2 heterocycles. The molecule has 1 amide bonds. The molecule has 2 unspecified atom stereocenters. The summed E-state index contributed by atoms with van der Waals surface area (Å²) in [6, 6.07) is 1.71. The molecule has 0 saturated carbocycles. The van der Waals surface area contributed by atoms with Gasteiger partial charge in [-0.15, -0.1) is 0 Å². The van der Waals surface area contributed by atoms with E-state index in [2.05, 4.69) is 23.7 Å². The minimum Gasteiger partial charge on any atom is -0.379 e. The van der Waals surface area contributed by atoms with Crippen LogP contribution in [0.3, 0.4) is 0 Å². The fourth-order valence-corrected chi connectivity index (χ4v) is 2.52. The molecule has 2 atom stereocenters. The van der Waals surface area contributed by atoms with Crippen LogP contribution in [0.5, 0.6) is 0 Å². The van der Waals surface area contributed by atoms with Gasteiger partial charge in [-0.1, -0.05) is 18.8 Å². The van der Waals surface area contributed by atoms with E-state index in [0.29, 0.717) is 23.6 Å². The van der Waals surface area contributed by atoms with E-state index in [0.717, 1.165) is 13.0 Å². The summed E-state index contributed by atoms with van der Waals surface area (Å²) in [4.78, 5) is 18.6. The smallest absolute Gasteiger partial charge is 0.255 e. The molecule has 1 fully saturated rings. The number of methoxy groups -OCH3 is 1. The van der Waals surface area contributed by atoms with Gasteiger partial charge in [0, 0.05) is 32.6 Å². The zero-order valence-electron chi connectivity index (χ0n) is 12.5. The Labute approximate surface area is 125 Å². The number of pyridine rings is 1. The van der Waals surface area contributed by atoms with Gasteiger partial charge in [0.1, 0.15) is 0 Å². The van der Waals surface area contributed by atoms with Crippen LogP contribution in [-0.2, 0) is 4.74 Å². The molecule has 0 radical (unpaired) electrons. The Morgan fingerprint density at radius 2 is 2.43 bits per heavy atom. The van der Waals surface area contributed by atoms with Gasteiger partial charge in [-0.3, -0.25) is 9.78 Å². The van der Waals surface area contributed by atoms with E-state index >= 15 is 0 Å². The summed E-state index contributed by atoms with van der Waals surface area (Å²) in [5.74, 6) is 6.13. The van der Waals surface area contributed by atoms with E-state index in [1.807, 2.05) is 4.90 Å². The molecule has 1 aliphatic rings. The SMILES string of the molecule is COC1CN(C(=O)c2ccncc2C#CCN)CCC1C. The van der Waals surface area contributed by atoms with Crippen molar-refractivity contribution < 1.29 is 9.53 Å². The van der Waals surface area contributed by atoms with Crippen LogP contribution < -0.4 is 5.73 Å². The zero-order chi connectivity index (χ0) is 15.2. The number of likely N-dealkylation sites (tertiary alicyclic amines) is 1. The third-order valence-corrected chi connectivity index (χ3v) is 3.86. The number of hydrogen-bond donors (Lipinski definition) is 1. The number of hydrogen-bond acceptors (Lipinski definition) is 4. The number of aromatic nitrogens is 1. The first-order valence-electron chi connectivity index (χ1n) is 7.12. The van der Waals surface area contributed by atoms with Crippen LogP contribution in [0.25, 0.3) is 0 Å². The van der Waals surface area contributed by atoms with E-state index in [9.17, 15) is 4.79 Å². The van der Waals surface area contributed by atoms with Crippen LogP contribution in [0.15, 0.2) is 18.5 Å². The molecular weight excluding hydrogens is 266 g/mol. The number of amides is 1. The molecule has 5 heteroatoms. The van der Waals surface area contributed by atoms with Crippen LogP contribution >= 0.6 is 0 Å². The summed E-state index contributed by atoms with van der Waals surface area (Å²) in [6.07, 6.45) is 4.25. The van der Waals surface area contributed by atoms with Crippen molar-refractivity contribution in [2.24, 2.45) is 11.7 Å². The van der Waals surface area contributed by atoms with Gasteiger partial charge in [-0.2, -0.15) is 0 Å². The van der Waals surface area contributed by atoms with Gasteiger partial charge in [0.05, 0.1) is 23.8 Å². The Morgan fingerprint density at radius 1 is 1.62 bits per heavy atom. The molecule has 1 saturated heterocycles. The second-order valence-electron chi connectivity index (χ2n) is 5.22. The summed E-state index contributed by atoms with van der Waals surface area (Å²) in [5, 5.41) is 0. The predicted octanol–water partition coefficient (Wildman–Crippen LogP) is 0.889. The van der Waals surface area contributed by atoms with E-state index in [1.54, 1.807) is 25.6 Å². The minimum absolute atomic E-state index is 0.0207. The molecule has 0 aliphatic carbocycles. The molecular formula is C16H21N3O2. The van der Waals surface area contributed by atoms with Gasteiger partial charge in [0.15, 0.2) is 0 Å². The molecule has 2 N–H and O–H groups in total. The van der Waals surface area contributed by atoms with Gasteiger partial charge < -0.3 is 15.4 Å². The first-order chi connectivity index (χ1) is 10.2. The van der Waals surface area contributed by atoms with Crippen LogP contribution in [0.4, 0.5) is 0 Å². The molecule has 112 valence electrons. The number of rotatable bonds is 2. The number of nitrogens with two attached hydrogens (primary N) is 1. The van der Waals surface area contributed by atoms with Crippen molar-refractivity contribution in [2.45, 2.75) is 19.4 Å². The number of carbonyl (C=O) groups is 1. The Morgan fingerprint density at radius 3 is 3.14 bits per heavy atom. The summed E-state index contributed by atoms with van der Waals surface area (Å²) >= 11 is 0. The van der Waals surface area contributed by atoms with E-state index in [1.165, 1.54) is 0 Å². The summed E-state index contributed by atoms with van der Waals surface area (Å²) in [7, 11) is 1.69. The van der Waals surface area contributed by atoms with Crippen LogP contribution in [0.1, 0.15) is 29.3 Å². The Balaban J connectivity index is 2.20. The first-order valence-corrected chi connectivity index (χ1v) is 7.12. The van der Waals surface area contributed by atoms with Crippen molar-refractivity contribution in [3.63, 3.8) is 0 Å². The van der Waals surface area contributed by atoms with Gasteiger partial charge in [-0.05, 0) is 18.4 Å². The molecule has 5 nitrogen and oxygen atoms in total. The monoisotopic (exact) mass is 287 g/mol. The lowest BCUT2D eigenvalue weighted by atomic mass is 9.95. The minimum atomic E-state index is -0.0207. The normalized spacial score (nSPS) is 21.6. The largest absolute Gasteiger partial charge is 0.379 e. The zero-order valence-corrected chi connectivity index (χ0v) is 12.5. The standard InChI is InChI=1S/C16H21N3O2/c1-12-6-9-19(11-15(12)21-2)16(20)14-5-8-18-10-13(14)4-3-7-17/h5,8,10,12,15H,6-7,9,11,17H2,1-2H3. The second-order valence-corrected chi connectivity index (χ2v) is 5.22. The van der Waals surface area contributed by atoms with Gasteiger partial charge in [0.25, 0.3) is 5.91 Å². The van der Waals surface area contributed by atoms with Crippen LogP contribution in [-0.4, -0.2) is 48.6 Å². The van der Waals surface area contributed by atoms with Gasteiger partial charge in [0.2, 0.25) is 0 Å². The summed E-state index contributed by atoms with van der Waals surface area (Å²) in [5.41, 5.74) is 6.60. The third kappa shape index (κ3) is 3.60. The molecule has 0 spiro atoms. The molecule has 1 aromatic rings. The Hall–Kier alpha value is -1.90. The molecule has 0 aromatic carbocycles. The topological polar surface area (TPSA) is 68.5 Å². The number of piperidine rings is 1. The maximum Gasteiger partial charge on any atom is 0.255 e. The first kappa shape index (κ1) is 15.5. The highest BCUT2D eigenvalue weighted by Crippen LogP contribution is 2.21. The van der Waals surface area contributed by atoms with Crippen LogP contribution in [0.2, 0.25) is 0 Å². The van der Waals surface area contributed by atoms with Crippen molar-refractivity contribution in [3.8, 4) is 11.8 Å². The lowest BCUT2D eigenvalue weighted by Gasteiger charge is -2.36. The van der Waals surface area contributed by atoms with Crippen molar-refractivity contribution in [1.29, 1.82) is 0 Å². The lowest BCUT2D eigenvalue weighted by molar-refractivity contribution is -0.00157. The molecule has 21 heavy (non-hydrogen) atoms. The molecule has 1 aliphatic heterocycles. The van der Waals surface area contributed by atoms with Gasteiger partial charge in [-0.25, -0.2) is 0 Å². The number of carbonyl (C=O) groups excluding carboxylic acids is 1. The Bertz CT molecular complexity index is 562. The van der Waals surface area contributed by atoms with E-state index in [-0.39, 0.29) is 18.6 Å². The highest BCUT2D eigenvalue weighted by atomic mass is 16.5. The average molecular weight is 287 g/mol. The molecule has 0 bridgehead atoms. The molecule has 2 rings (SSSR count).